The second kappa shape index (κ2) is 3.86. The highest BCUT2D eigenvalue weighted by molar-refractivity contribution is 5.14. The minimum Gasteiger partial charge on any atom is -0.340 e. The predicted octanol–water partition coefficient (Wildman–Crippen LogP) is 0.685. The van der Waals surface area contributed by atoms with Crippen LogP contribution in [0.5, 0.6) is 0 Å². The standard InChI is InChI=1S/C10H15N5/c1-3-15-5-4-12-10(15)9(11)8-6-14(2)7-13-8/h4-7,9H,3,11H2,1-2H3. The number of hydrogen-bond donors (Lipinski definition) is 1. The quantitative estimate of drug-likeness (QED) is 0.801. The topological polar surface area (TPSA) is 61.7 Å². The van der Waals surface area contributed by atoms with Crippen molar-refractivity contribution in [3.05, 3.63) is 36.4 Å². The number of nitrogens with two attached hydrogens (primary N) is 1. The van der Waals surface area contributed by atoms with E-state index in [0.717, 1.165) is 18.1 Å². The number of nitrogens with zero attached hydrogens (tertiary/aromatic N) is 4. The van der Waals surface area contributed by atoms with Crippen molar-refractivity contribution in [1.82, 2.24) is 19.1 Å². The van der Waals surface area contributed by atoms with Crippen molar-refractivity contribution < 1.29 is 0 Å². The molecule has 0 aromatic carbocycles. The molecule has 1 unspecified atom stereocenters. The molecule has 0 aliphatic carbocycles. The molecular formula is C10H15N5. The van der Waals surface area contributed by atoms with Crippen molar-refractivity contribution in [2.45, 2.75) is 19.5 Å². The maximum atomic E-state index is 6.09. The van der Waals surface area contributed by atoms with Crippen molar-refractivity contribution in [2.75, 3.05) is 0 Å². The van der Waals surface area contributed by atoms with Gasteiger partial charge in [0.15, 0.2) is 0 Å². The predicted molar refractivity (Wildman–Crippen MR) is 57.1 cm³/mol. The molecule has 2 rings (SSSR count). The first kappa shape index (κ1) is 9.92. The molecule has 2 N–H and O–H groups in total. The van der Waals surface area contributed by atoms with E-state index >= 15 is 0 Å². The van der Waals surface area contributed by atoms with Crippen LogP contribution in [-0.4, -0.2) is 19.1 Å². The lowest BCUT2D eigenvalue weighted by Crippen LogP contribution is -2.17. The van der Waals surface area contributed by atoms with Crippen LogP contribution in [0.1, 0.15) is 24.5 Å². The molecule has 0 bridgehead atoms. The molecule has 5 heteroatoms. The van der Waals surface area contributed by atoms with Crippen LogP contribution in [0, 0.1) is 0 Å². The van der Waals surface area contributed by atoms with Gasteiger partial charge >= 0.3 is 0 Å². The van der Waals surface area contributed by atoms with Gasteiger partial charge in [-0.15, -0.1) is 0 Å². The molecule has 1 atom stereocenters. The van der Waals surface area contributed by atoms with Gasteiger partial charge in [0.2, 0.25) is 0 Å². The van der Waals surface area contributed by atoms with Gasteiger partial charge in [-0.1, -0.05) is 0 Å². The van der Waals surface area contributed by atoms with Gasteiger partial charge in [0.25, 0.3) is 0 Å². The molecule has 0 fully saturated rings. The number of aryl methyl sites for hydroxylation is 2. The van der Waals surface area contributed by atoms with Crippen molar-refractivity contribution >= 4 is 0 Å². The van der Waals surface area contributed by atoms with Crippen LogP contribution in [0.3, 0.4) is 0 Å². The van der Waals surface area contributed by atoms with E-state index < -0.39 is 0 Å². The fourth-order valence-electron chi connectivity index (χ4n) is 1.59. The highest BCUT2D eigenvalue weighted by Crippen LogP contribution is 2.15. The largest absolute Gasteiger partial charge is 0.340 e. The lowest BCUT2D eigenvalue weighted by molar-refractivity contribution is 0.648. The molecule has 0 amide bonds. The molecule has 0 aliphatic heterocycles. The van der Waals surface area contributed by atoms with Crippen LogP contribution < -0.4 is 5.73 Å². The van der Waals surface area contributed by atoms with Gasteiger partial charge in [-0.2, -0.15) is 0 Å². The Kier molecular flexibility index (Phi) is 2.55. The summed E-state index contributed by atoms with van der Waals surface area (Å²) in [5.74, 6) is 0.858. The lowest BCUT2D eigenvalue weighted by atomic mass is 10.2. The third kappa shape index (κ3) is 1.78. The van der Waals surface area contributed by atoms with E-state index in [1.165, 1.54) is 0 Å². The van der Waals surface area contributed by atoms with Crippen molar-refractivity contribution in [3.8, 4) is 0 Å². The summed E-state index contributed by atoms with van der Waals surface area (Å²) < 4.78 is 3.91. The Morgan fingerprint density at radius 3 is 2.87 bits per heavy atom. The Bertz CT molecular complexity index is 442. The zero-order valence-electron chi connectivity index (χ0n) is 8.96. The van der Waals surface area contributed by atoms with E-state index in [1.807, 2.05) is 28.6 Å². The molecule has 2 aromatic rings. The van der Waals surface area contributed by atoms with Gasteiger partial charge < -0.3 is 14.9 Å². The van der Waals surface area contributed by atoms with Crippen molar-refractivity contribution in [2.24, 2.45) is 12.8 Å². The average Bonchev–Trinajstić information content (AvgIpc) is 2.84. The number of rotatable bonds is 3. The Labute approximate surface area is 88.6 Å². The Morgan fingerprint density at radius 1 is 1.47 bits per heavy atom. The van der Waals surface area contributed by atoms with E-state index in [0.29, 0.717) is 0 Å². The minimum atomic E-state index is -0.249. The minimum absolute atomic E-state index is 0.249. The molecular weight excluding hydrogens is 190 g/mol. The fraction of sp³-hybridized carbons (Fsp3) is 0.400. The SMILES string of the molecule is CCn1ccnc1C(N)c1cn(C)cn1. The van der Waals surface area contributed by atoms with Crippen LogP contribution in [0.4, 0.5) is 0 Å². The zero-order valence-corrected chi connectivity index (χ0v) is 8.96. The Balaban J connectivity index is 2.31. The van der Waals surface area contributed by atoms with Gasteiger partial charge in [0.05, 0.1) is 12.0 Å². The molecule has 2 aromatic heterocycles. The first-order chi connectivity index (χ1) is 7.22. The second-order valence-electron chi connectivity index (χ2n) is 3.51. The van der Waals surface area contributed by atoms with Crippen LogP contribution in [0.25, 0.3) is 0 Å². The highest BCUT2D eigenvalue weighted by Gasteiger charge is 2.15. The molecule has 15 heavy (non-hydrogen) atoms. The van der Waals surface area contributed by atoms with Crippen LogP contribution in [-0.2, 0) is 13.6 Å². The maximum Gasteiger partial charge on any atom is 0.131 e. The molecule has 0 aliphatic rings. The van der Waals surface area contributed by atoms with E-state index in [4.69, 9.17) is 5.73 Å². The molecule has 80 valence electrons. The van der Waals surface area contributed by atoms with Gasteiger partial charge in [-0.05, 0) is 6.92 Å². The molecule has 2 heterocycles. The lowest BCUT2D eigenvalue weighted by Gasteiger charge is -2.10. The monoisotopic (exact) mass is 205 g/mol. The molecule has 0 radical (unpaired) electrons. The molecule has 0 saturated heterocycles. The van der Waals surface area contributed by atoms with Gasteiger partial charge in [0.1, 0.15) is 11.9 Å². The van der Waals surface area contributed by atoms with Crippen LogP contribution >= 0.6 is 0 Å². The summed E-state index contributed by atoms with van der Waals surface area (Å²) >= 11 is 0. The summed E-state index contributed by atoms with van der Waals surface area (Å²) in [6.07, 6.45) is 7.35. The third-order valence-corrected chi connectivity index (χ3v) is 2.41. The van der Waals surface area contributed by atoms with E-state index in [-0.39, 0.29) is 6.04 Å². The van der Waals surface area contributed by atoms with Crippen molar-refractivity contribution in [1.29, 1.82) is 0 Å². The summed E-state index contributed by atoms with van der Waals surface area (Å²) in [5.41, 5.74) is 6.94. The smallest absolute Gasteiger partial charge is 0.131 e. The first-order valence-electron chi connectivity index (χ1n) is 4.97. The van der Waals surface area contributed by atoms with E-state index in [9.17, 15) is 0 Å². The van der Waals surface area contributed by atoms with E-state index in [1.54, 1.807) is 12.5 Å². The summed E-state index contributed by atoms with van der Waals surface area (Å²) in [5, 5.41) is 0. The second-order valence-corrected chi connectivity index (χ2v) is 3.51. The number of imidazole rings is 2. The third-order valence-electron chi connectivity index (χ3n) is 2.41. The summed E-state index contributed by atoms with van der Waals surface area (Å²) in [4.78, 5) is 8.49. The fourth-order valence-corrected chi connectivity index (χ4v) is 1.59. The molecule has 5 nitrogen and oxygen atoms in total. The van der Waals surface area contributed by atoms with E-state index in [2.05, 4.69) is 16.9 Å². The van der Waals surface area contributed by atoms with Gasteiger partial charge in [-0.3, -0.25) is 0 Å². The summed E-state index contributed by atoms with van der Waals surface area (Å²) in [7, 11) is 1.93. The molecule has 0 spiro atoms. The zero-order chi connectivity index (χ0) is 10.8. The maximum absolute atomic E-state index is 6.09. The summed E-state index contributed by atoms with van der Waals surface area (Å²) in [6, 6.07) is -0.249. The van der Waals surface area contributed by atoms with Crippen LogP contribution in [0.15, 0.2) is 24.9 Å². The average molecular weight is 205 g/mol. The summed E-state index contributed by atoms with van der Waals surface area (Å²) in [6.45, 7) is 2.94. The number of aromatic nitrogens is 4. The van der Waals surface area contributed by atoms with Crippen LogP contribution in [0.2, 0.25) is 0 Å². The number of hydrogen-bond acceptors (Lipinski definition) is 3. The van der Waals surface area contributed by atoms with Gasteiger partial charge in [0, 0.05) is 32.2 Å². The Morgan fingerprint density at radius 2 is 2.27 bits per heavy atom. The highest BCUT2D eigenvalue weighted by atomic mass is 15.1. The molecule has 0 saturated carbocycles. The first-order valence-corrected chi connectivity index (χ1v) is 4.97. The van der Waals surface area contributed by atoms with Crippen molar-refractivity contribution in [3.63, 3.8) is 0 Å². The normalized spacial score (nSPS) is 13.0. The Hall–Kier alpha value is -1.62. The van der Waals surface area contributed by atoms with Gasteiger partial charge in [-0.25, -0.2) is 9.97 Å².